The number of nitrogens with zero attached hydrogens (tertiary/aromatic N) is 5. The Labute approximate surface area is 199 Å². The Kier molecular flexibility index (Phi) is 6.10. The minimum atomic E-state index is -4.71. The Morgan fingerprint density at radius 2 is 1.86 bits per heavy atom. The predicted octanol–water partition coefficient (Wildman–Crippen LogP) is 4.57. The molecule has 0 aliphatic heterocycles. The van der Waals surface area contributed by atoms with Gasteiger partial charge in [0.15, 0.2) is 11.5 Å². The van der Waals surface area contributed by atoms with Gasteiger partial charge in [0, 0.05) is 18.5 Å². The number of hydrogen-bond donors (Lipinski definition) is 1. The number of anilines is 1. The molecular weight excluding hydrogens is 461 g/mol. The van der Waals surface area contributed by atoms with Crippen LogP contribution < -0.4 is 15.2 Å². The second-order valence-corrected chi connectivity index (χ2v) is 8.75. The lowest BCUT2D eigenvalue weighted by atomic mass is 9.85. The van der Waals surface area contributed by atoms with Gasteiger partial charge in [-0.3, -0.25) is 4.90 Å². The molecule has 0 saturated heterocycles. The minimum Gasteiger partial charge on any atom is -0.494 e. The largest absolute Gasteiger partial charge is 0.573 e. The van der Waals surface area contributed by atoms with Crippen molar-refractivity contribution in [3.63, 3.8) is 0 Å². The van der Waals surface area contributed by atoms with Gasteiger partial charge in [0.05, 0.1) is 13.7 Å². The molecule has 35 heavy (non-hydrogen) atoms. The van der Waals surface area contributed by atoms with E-state index >= 15 is 0 Å². The first-order valence-corrected chi connectivity index (χ1v) is 11.3. The Morgan fingerprint density at radius 3 is 2.51 bits per heavy atom. The summed E-state index contributed by atoms with van der Waals surface area (Å²) < 4.78 is 48.3. The van der Waals surface area contributed by atoms with E-state index in [1.807, 2.05) is 18.2 Å². The summed E-state index contributed by atoms with van der Waals surface area (Å²) in [5.41, 5.74) is 8.26. The van der Waals surface area contributed by atoms with E-state index in [2.05, 4.69) is 19.7 Å². The quantitative estimate of drug-likeness (QED) is 0.390. The van der Waals surface area contributed by atoms with Crippen LogP contribution in [0.3, 0.4) is 0 Å². The number of nitrogen functional groups attached to an aromatic ring is 1. The topological polar surface area (TPSA) is 90.8 Å². The second kappa shape index (κ2) is 9.21. The molecule has 5 rings (SSSR count). The fourth-order valence-corrected chi connectivity index (χ4v) is 4.38. The van der Waals surface area contributed by atoms with Crippen molar-refractivity contribution in [1.29, 1.82) is 0 Å². The van der Waals surface area contributed by atoms with Gasteiger partial charge >= 0.3 is 6.36 Å². The number of nitrogens with two attached hydrogens (primary N) is 1. The van der Waals surface area contributed by atoms with Crippen LogP contribution in [-0.2, 0) is 13.1 Å². The summed E-state index contributed by atoms with van der Waals surface area (Å²) >= 11 is 0. The van der Waals surface area contributed by atoms with Crippen molar-refractivity contribution in [2.24, 2.45) is 5.92 Å². The number of fused-ring (bicyclic) bond motifs is 3. The number of halogens is 3. The van der Waals surface area contributed by atoms with Crippen molar-refractivity contribution in [3.8, 4) is 11.5 Å². The third-order valence-corrected chi connectivity index (χ3v) is 6.22. The number of para-hydroxylation sites is 1. The number of hydrogen-bond acceptors (Lipinski definition) is 7. The van der Waals surface area contributed by atoms with Gasteiger partial charge in [-0.25, -0.2) is 9.97 Å². The van der Waals surface area contributed by atoms with Gasteiger partial charge in [-0.05, 0) is 48.6 Å². The molecule has 1 fully saturated rings. The van der Waals surface area contributed by atoms with Gasteiger partial charge in [-0.1, -0.05) is 24.6 Å². The highest BCUT2D eigenvalue weighted by atomic mass is 19.4. The molecule has 1 aliphatic rings. The van der Waals surface area contributed by atoms with E-state index in [9.17, 15) is 13.2 Å². The molecule has 1 aliphatic carbocycles. The highest BCUT2D eigenvalue weighted by molar-refractivity contribution is 5.95. The highest BCUT2D eigenvalue weighted by Crippen LogP contribution is 2.30. The fourth-order valence-electron chi connectivity index (χ4n) is 4.38. The molecule has 184 valence electrons. The van der Waals surface area contributed by atoms with Crippen molar-refractivity contribution in [2.45, 2.75) is 38.7 Å². The lowest BCUT2D eigenvalue weighted by molar-refractivity contribution is -0.274. The molecule has 2 N–H and O–H groups in total. The van der Waals surface area contributed by atoms with Crippen molar-refractivity contribution in [1.82, 2.24) is 24.5 Å². The first kappa shape index (κ1) is 23.2. The zero-order valence-corrected chi connectivity index (χ0v) is 19.1. The van der Waals surface area contributed by atoms with Gasteiger partial charge in [0.25, 0.3) is 0 Å². The SMILES string of the molecule is COc1cccc2c1nc(N)n1nc(CN(Cc3ccc(OC(F)(F)F)cc3)CC3CCC3)nc21. The maximum atomic E-state index is 12.5. The third-order valence-electron chi connectivity index (χ3n) is 6.22. The second-order valence-electron chi connectivity index (χ2n) is 8.75. The first-order valence-electron chi connectivity index (χ1n) is 11.3. The predicted molar refractivity (Wildman–Crippen MR) is 124 cm³/mol. The van der Waals surface area contributed by atoms with Crippen LogP contribution in [0.4, 0.5) is 19.1 Å². The average Bonchev–Trinajstić information content (AvgIpc) is 3.21. The molecule has 2 heterocycles. The number of rotatable bonds is 8. The lowest BCUT2D eigenvalue weighted by Gasteiger charge is -2.32. The van der Waals surface area contributed by atoms with Crippen LogP contribution in [0.1, 0.15) is 30.7 Å². The summed E-state index contributed by atoms with van der Waals surface area (Å²) in [4.78, 5) is 11.4. The third kappa shape index (κ3) is 5.09. The monoisotopic (exact) mass is 486 g/mol. The van der Waals surface area contributed by atoms with Crippen LogP contribution in [0, 0.1) is 5.92 Å². The average molecular weight is 486 g/mol. The molecule has 2 aromatic heterocycles. The molecule has 0 radical (unpaired) electrons. The summed E-state index contributed by atoms with van der Waals surface area (Å²) in [6.45, 7) is 1.85. The molecule has 8 nitrogen and oxygen atoms in total. The van der Waals surface area contributed by atoms with Crippen LogP contribution >= 0.6 is 0 Å². The zero-order chi connectivity index (χ0) is 24.6. The maximum Gasteiger partial charge on any atom is 0.573 e. The van der Waals surface area contributed by atoms with Crippen molar-refractivity contribution < 1.29 is 22.6 Å². The first-order chi connectivity index (χ1) is 16.8. The van der Waals surface area contributed by atoms with E-state index in [-0.39, 0.29) is 11.7 Å². The van der Waals surface area contributed by atoms with Gasteiger partial charge < -0.3 is 15.2 Å². The van der Waals surface area contributed by atoms with Crippen LogP contribution in [0.5, 0.6) is 11.5 Å². The van der Waals surface area contributed by atoms with Gasteiger partial charge in [-0.2, -0.15) is 4.52 Å². The summed E-state index contributed by atoms with van der Waals surface area (Å²) in [7, 11) is 1.58. The van der Waals surface area contributed by atoms with Crippen molar-refractivity contribution >= 4 is 22.5 Å². The fraction of sp³-hybridized carbons (Fsp3) is 0.375. The highest BCUT2D eigenvalue weighted by Gasteiger charge is 2.31. The molecule has 0 unspecified atom stereocenters. The molecule has 4 aromatic rings. The van der Waals surface area contributed by atoms with E-state index < -0.39 is 6.36 Å². The summed E-state index contributed by atoms with van der Waals surface area (Å²) in [6, 6.07) is 11.5. The van der Waals surface area contributed by atoms with Crippen LogP contribution in [-0.4, -0.2) is 44.5 Å². The Morgan fingerprint density at radius 1 is 1.09 bits per heavy atom. The van der Waals surface area contributed by atoms with E-state index in [4.69, 9.17) is 15.5 Å². The van der Waals surface area contributed by atoms with E-state index in [0.717, 1.165) is 30.3 Å². The number of methoxy groups -OCH3 is 1. The molecule has 0 amide bonds. The van der Waals surface area contributed by atoms with E-state index in [0.29, 0.717) is 41.7 Å². The van der Waals surface area contributed by atoms with Crippen molar-refractivity contribution in [2.75, 3.05) is 19.4 Å². The molecule has 0 bridgehead atoms. The zero-order valence-electron chi connectivity index (χ0n) is 19.1. The number of benzene rings is 2. The Hall–Kier alpha value is -3.60. The van der Waals surface area contributed by atoms with Gasteiger partial charge in [-0.15, -0.1) is 18.3 Å². The van der Waals surface area contributed by atoms with E-state index in [1.54, 1.807) is 19.2 Å². The Balaban J connectivity index is 1.41. The molecule has 0 atom stereocenters. The van der Waals surface area contributed by atoms with Gasteiger partial charge in [0.2, 0.25) is 5.95 Å². The lowest BCUT2D eigenvalue weighted by Crippen LogP contribution is -2.32. The standard InChI is InChI=1S/C24H25F3N6O2/c1-34-19-7-3-6-18-21(19)30-23(28)33-22(18)29-20(31-33)14-32(12-15-4-2-5-15)13-16-8-10-17(11-9-16)35-24(25,26)27/h3,6-11,15H,2,4-5,12-14H2,1H3,(H2,28,30). The Bertz CT molecular complexity index is 1340. The molecule has 0 spiro atoms. The van der Waals surface area contributed by atoms with Crippen LogP contribution in [0.2, 0.25) is 0 Å². The molecular formula is C24H25F3N6O2. The molecule has 11 heteroatoms. The minimum absolute atomic E-state index is 0.210. The van der Waals surface area contributed by atoms with Crippen LogP contribution in [0.15, 0.2) is 42.5 Å². The number of aromatic nitrogens is 4. The number of ether oxygens (including phenoxy) is 2. The van der Waals surface area contributed by atoms with Crippen LogP contribution in [0.25, 0.3) is 16.6 Å². The van der Waals surface area contributed by atoms with Gasteiger partial charge in [0.1, 0.15) is 17.0 Å². The molecule has 2 aromatic carbocycles. The maximum absolute atomic E-state index is 12.5. The smallest absolute Gasteiger partial charge is 0.494 e. The molecule has 1 saturated carbocycles. The summed E-state index contributed by atoms with van der Waals surface area (Å²) in [5, 5.41) is 5.38. The summed E-state index contributed by atoms with van der Waals surface area (Å²) in [5.74, 6) is 1.74. The number of alkyl halides is 3. The summed E-state index contributed by atoms with van der Waals surface area (Å²) in [6.07, 6.45) is -1.18. The van der Waals surface area contributed by atoms with Crippen molar-refractivity contribution in [3.05, 3.63) is 53.9 Å². The normalized spacial score (nSPS) is 14.5. The van der Waals surface area contributed by atoms with E-state index in [1.165, 1.54) is 23.1 Å².